The van der Waals surface area contributed by atoms with E-state index in [1.807, 2.05) is 25.1 Å². The molecule has 0 amide bonds. The monoisotopic (exact) mass is 238 g/mol. The standard InChI is InChI=1S/C13H18O4/c1-4-10-6-5-7-11(8-10)17-9-13(2,15)12(14)16-3/h5-8,15H,4,9H2,1-3H3. The summed E-state index contributed by atoms with van der Waals surface area (Å²) in [5.41, 5.74) is -0.489. The van der Waals surface area contributed by atoms with Gasteiger partial charge in [0.15, 0.2) is 5.60 Å². The Morgan fingerprint density at radius 2 is 2.18 bits per heavy atom. The molecule has 1 aromatic carbocycles. The number of aryl methyl sites for hydroxylation is 1. The van der Waals surface area contributed by atoms with Gasteiger partial charge < -0.3 is 14.6 Å². The van der Waals surface area contributed by atoms with E-state index in [4.69, 9.17) is 4.74 Å². The van der Waals surface area contributed by atoms with E-state index in [9.17, 15) is 9.90 Å². The third-order valence-electron chi connectivity index (χ3n) is 2.45. The number of carbonyl (C=O) groups is 1. The Bertz CT molecular complexity index is 385. The van der Waals surface area contributed by atoms with Gasteiger partial charge in [-0.1, -0.05) is 19.1 Å². The van der Waals surface area contributed by atoms with Crippen molar-refractivity contribution in [2.45, 2.75) is 25.9 Å². The van der Waals surface area contributed by atoms with Crippen molar-refractivity contribution in [2.24, 2.45) is 0 Å². The summed E-state index contributed by atoms with van der Waals surface area (Å²) in [5.74, 6) is -0.0716. The third kappa shape index (κ3) is 3.75. The van der Waals surface area contributed by atoms with Crippen molar-refractivity contribution in [3.05, 3.63) is 29.8 Å². The van der Waals surface area contributed by atoms with E-state index in [0.29, 0.717) is 5.75 Å². The van der Waals surface area contributed by atoms with Gasteiger partial charge in [-0.25, -0.2) is 4.79 Å². The van der Waals surface area contributed by atoms with Crippen molar-refractivity contribution < 1.29 is 19.4 Å². The van der Waals surface area contributed by atoms with Gasteiger partial charge in [-0.3, -0.25) is 0 Å². The summed E-state index contributed by atoms with van der Waals surface area (Å²) in [7, 11) is 1.23. The summed E-state index contributed by atoms with van der Waals surface area (Å²) in [4.78, 5) is 11.2. The van der Waals surface area contributed by atoms with Crippen LogP contribution in [-0.4, -0.2) is 30.4 Å². The Hall–Kier alpha value is -1.55. The predicted octanol–water partition coefficient (Wildman–Crippen LogP) is 1.55. The minimum atomic E-state index is -1.63. The summed E-state index contributed by atoms with van der Waals surface area (Å²) < 4.78 is 9.86. The first-order valence-corrected chi connectivity index (χ1v) is 5.52. The topological polar surface area (TPSA) is 55.8 Å². The van der Waals surface area contributed by atoms with Crippen LogP contribution < -0.4 is 4.74 Å². The molecule has 0 bridgehead atoms. The van der Waals surface area contributed by atoms with Gasteiger partial charge in [-0.15, -0.1) is 0 Å². The zero-order valence-electron chi connectivity index (χ0n) is 10.4. The lowest BCUT2D eigenvalue weighted by Crippen LogP contribution is -2.42. The average molecular weight is 238 g/mol. The molecule has 0 spiro atoms. The van der Waals surface area contributed by atoms with Crippen LogP contribution >= 0.6 is 0 Å². The van der Waals surface area contributed by atoms with E-state index in [-0.39, 0.29) is 6.61 Å². The van der Waals surface area contributed by atoms with Crippen LogP contribution in [-0.2, 0) is 16.0 Å². The SMILES string of the molecule is CCc1cccc(OCC(C)(O)C(=O)OC)c1. The van der Waals surface area contributed by atoms with Gasteiger partial charge in [-0.05, 0) is 31.0 Å². The number of ether oxygens (including phenoxy) is 2. The molecular weight excluding hydrogens is 220 g/mol. The Labute approximate surface area is 101 Å². The first-order valence-electron chi connectivity index (χ1n) is 5.52. The number of carbonyl (C=O) groups excluding carboxylic acids is 1. The molecule has 4 nitrogen and oxygen atoms in total. The van der Waals surface area contributed by atoms with Gasteiger partial charge in [0.2, 0.25) is 0 Å². The molecule has 0 saturated heterocycles. The van der Waals surface area contributed by atoms with Crippen molar-refractivity contribution >= 4 is 5.97 Å². The van der Waals surface area contributed by atoms with Crippen molar-refractivity contribution in [3.63, 3.8) is 0 Å². The number of rotatable bonds is 5. The minimum absolute atomic E-state index is 0.132. The molecule has 0 aliphatic rings. The van der Waals surface area contributed by atoms with Crippen LogP contribution in [0.25, 0.3) is 0 Å². The van der Waals surface area contributed by atoms with Crippen LogP contribution in [0.4, 0.5) is 0 Å². The Kier molecular flexibility index (Phi) is 4.52. The fraction of sp³-hybridized carbons (Fsp3) is 0.462. The Balaban J connectivity index is 2.63. The molecule has 1 unspecified atom stereocenters. The van der Waals surface area contributed by atoms with E-state index in [0.717, 1.165) is 12.0 Å². The fourth-order valence-corrected chi connectivity index (χ4v) is 1.36. The van der Waals surface area contributed by atoms with Crippen molar-refractivity contribution in [2.75, 3.05) is 13.7 Å². The van der Waals surface area contributed by atoms with Crippen LogP contribution in [0.3, 0.4) is 0 Å². The lowest BCUT2D eigenvalue weighted by atomic mass is 10.1. The highest BCUT2D eigenvalue weighted by molar-refractivity contribution is 5.78. The smallest absolute Gasteiger partial charge is 0.341 e. The molecule has 4 heteroatoms. The van der Waals surface area contributed by atoms with Crippen molar-refractivity contribution in [3.8, 4) is 5.75 Å². The molecule has 1 N–H and O–H groups in total. The number of aliphatic hydroxyl groups is 1. The molecule has 0 aliphatic carbocycles. The number of esters is 1. The van der Waals surface area contributed by atoms with Crippen LogP contribution in [0.2, 0.25) is 0 Å². The normalized spacial score (nSPS) is 13.9. The average Bonchev–Trinajstić information content (AvgIpc) is 2.35. The highest BCUT2D eigenvalue weighted by Gasteiger charge is 2.32. The summed E-state index contributed by atoms with van der Waals surface area (Å²) in [6.45, 7) is 3.28. The van der Waals surface area contributed by atoms with Gasteiger partial charge in [0, 0.05) is 0 Å². The summed E-state index contributed by atoms with van der Waals surface area (Å²) in [5, 5.41) is 9.77. The Morgan fingerprint density at radius 3 is 2.76 bits per heavy atom. The first kappa shape index (κ1) is 13.5. The quantitative estimate of drug-likeness (QED) is 0.791. The van der Waals surface area contributed by atoms with Gasteiger partial charge in [0.1, 0.15) is 12.4 Å². The zero-order chi connectivity index (χ0) is 12.9. The van der Waals surface area contributed by atoms with E-state index >= 15 is 0 Å². The van der Waals surface area contributed by atoms with E-state index in [1.165, 1.54) is 14.0 Å². The van der Waals surface area contributed by atoms with E-state index < -0.39 is 11.6 Å². The molecule has 1 aromatic rings. The molecule has 0 aliphatic heterocycles. The molecule has 0 radical (unpaired) electrons. The summed E-state index contributed by atoms with van der Waals surface area (Å²) in [6, 6.07) is 7.53. The molecule has 1 atom stereocenters. The van der Waals surface area contributed by atoms with Gasteiger partial charge >= 0.3 is 5.97 Å². The minimum Gasteiger partial charge on any atom is -0.490 e. The maximum absolute atomic E-state index is 11.2. The largest absolute Gasteiger partial charge is 0.490 e. The van der Waals surface area contributed by atoms with Crippen LogP contribution in [0.5, 0.6) is 5.75 Å². The Morgan fingerprint density at radius 1 is 1.47 bits per heavy atom. The second kappa shape index (κ2) is 5.68. The molecule has 94 valence electrons. The van der Waals surface area contributed by atoms with E-state index in [2.05, 4.69) is 4.74 Å². The third-order valence-corrected chi connectivity index (χ3v) is 2.45. The second-order valence-electron chi connectivity index (χ2n) is 4.06. The first-order chi connectivity index (χ1) is 7.99. The van der Waals surface area contributed by atoms with Gasteiger partial charge in [0.05, 0.1) is 7.11 Å². The molecule has 0 fully saturated rings. The maximum Gasteiger partial charge on any atom is 0.341 e. The van der Waals surface area contributed by atoms with Gasteiger partial charge in [0.25, 0.3) is 0 Å². The summed E-state index contributed by atoms with van der Waals surface area (Å²) >= 11 is 0. The van der Waals surface area contributed by atoms with Crippen molar-refractivity contribution in [1.29, 1.82) is 0 Å². The summed E-state index contributed by atoms with van der Waals surface area (Å²) in [6.07, 6.45) is 0.907. The second-order valence-corrected chi connectivity index (χ2v) is 4.06. The lowest BCUT2D eigenvalue weighted by Gasteiger charge is -2.20. The van der Waals surface area contributed by atoms with Crippen LogP contribution in [0.1, 0.15) is 19.4 Å². The molecule has 1 rings (SSSR count). The highest BCUT2D eigenvalue weighted by Crippen LogP contribution is 2.16. The number of hydrogen-bond acceptors (Lipinski definition) is 4. The molecule has 17 heavy (non-hydrogen) atoms. The number of hydrogen-bond donors (Lipinski definition) is 1. The molecule has 0 saturated carbocycles. The van der Waals surface area contributed by atoms with Crippen LogP contribution in [0, 0.1) is 0 Å². The molecule has 0 aromatic heterocycles. The highest BCUT2D eigenvalue weighted by atomic mass is 16.6. The molecular formula is C13H18O4. The lowest BCUT2D eigenvalue weighted by molar-refractivity contribution is -0.163. The molecule has 0 heterocycles. The van der Waals surface area contributed by atoms with E-state index in [1.54, 1.807) is 6.07 Å². The fourth-order valence-electron chi connectivity index (χ4n) is 1.36. The number of methoxy groups -OCH3 is 1. The zero-order valence-corrected chi connectivity index (χ0v) is 10.4. The number of benzene rings is 1. The van der Waals surface area contributed by atoms with Crippen LogP contribution in [0.15, 0.2) is 24.3 Å². The maximum atomic E-state index is 11.2. The van der Waals surface area contributed by atoms with Gasteiger partial charge in [-0.2, -0.15) is 0 Å². The van der Waals surface area contributed by atoms with Crippen molar-refractivity contribution in [1.82, 2.24) is 0 Å². The predicted molar refractivity (Wildman–Crippen MR) is 64.0 cm³/mol.